The highest BCUT2D eigenvalue weighted by Gasteiger charge is 2.15. The normalized spacial score (nSPS) is 23.4. The number of halogens is 1. The monoisotopic (exact) mass is 147 g/mol. The number of likely N-dealkylation sites (tertiary alicyclic amines) is 1. The summed E-state index contributed by atoms with van der Waals surface area (Å²) in [4.78, 5) is 2.05. The molecule has 0 saturated carbocycles. The fraction of sp³-hybridized carbons (Fsp3) is 1.00. The van der Waals surface area contributed by atoms with E-state index in [-0.39, 0.29) is 12.8 Å². The van der Waals surface area contributed by atoms with Gasteiger partial charge in [0.1, 0.15) is 6.67 Å². The Morgan fingerprint density at radius 2 is 2.00 bits per heavy atom. The van der Waals surface area contributed by atoms with Gasteiger partial charge in [-0.05, 0) is 12.8 Å². The minimum absolute atomic E-state index is 0.143. The van der Waals surface area contributed by atoms with Gasteiger partial charge in [0.15, 0.2) is 0 Å². The van der Waals surface area contributed by atoms with Crippen molar-refractivity contribution in [3.63, 3.8) is 0 Å². The zero-order valence-corrected chi connectivity index (χ0v) is 6.09. The maximum Gasteiger partial charge on any atom is 0.102 e. The summed E-state index contributed by atoms with van der Waals surface area (Å²) in [5.74, 6) is 0. The minimum Gasteiger partial charge on any atom is -0.393 e. The number of aliphatic hydroxyl groups excluding tert-OH is 1. The number of hydrogen-bond acceptors (Lipinski definition) is 2. The molecule has 60 valence electrons. The van der Waals surface area contributed by atoms with Crippen LogP contribution in [0.3, 0.4) is 0 Å². The van der Waals surface area contributed by atoms with Crippen LogP contribution in [0.25, 0.3) is 0 Å². The molecule has 0 radical (unpaired) electrons. The Kier molecular flexibility index (Phi) is 3.09. The third kappa shape index (κ3) is 2.23. The van der Waals surface area contributed by atoms with Gasteiger partial charge in [0.25, 0.3) is 0 Å². The van der Waals surface area contributed by atoms with E-state index in [4.69, 9.17) is 5.11 Å². The molecule has 1 aliphatic heterocycles. The summed E-state index contributed by atoms with van der Waals surface area (Å²) in [7, 11) is 0. The molecule has 0 aromatic carbocycles. The summed E-state index contributed by atoms with van der Waals surface area (Å²) in [6.07, 6.45) is 1.47. The highest BCUT2D eigenvalue weighted by atomic mass is 19.1. The molecule has 1 rings (SSSR count). The summed E-state index contributed by atoms with van der Waals surface area (Å²) >= 11 is 0. The lowest BCUT2D eigenvalue weighted by atomic mass is 10.1. The van der Waals surface area contributed by atoms with Crippen molar-refractivity contribution in [1.29, 1.82) is 0 Å². The Morgan fingerprint density at radius 3 is 2.50 bits per heavy atom. The molecule has 1 aliphatic rings. The third-order valence-corrected chi connectivity index (χ3v) is 1.96. The largest absolute Gasteiger partial charge is 0.393 e. The van der Waals surface area contributed by atoms with E-state index in [9.17, 15) is 4.39 Å². The first kappa shape index (κ1) is 7.95. The number of alkyl halides is 1. The first-order valence-corrected chi connectivity index (χ1v) is 3.79. The zero-order valence-electron chi connectivity index (χ0n) is 6.09. The predicted octanol–water partition coefficient (Wildman–Crippen LogP) is 0.413. The molecule has 1 heterocycles. The van der Waals surface area contributed by atoms with Crippen molar-refractivity contribution in [2.24, 2.45) is 0 Å². The Bertz CT molecular complexity index is 91.6. The summed E-state index contributed by atoms with van der Waals surface area (Å²) in [6.45, 7) is 1.97. The highest BCUT2D eigenvalue weighted by molar-refractivity contribution is 4.70. The van der Waals surface area contributed by atoms with Gasteiger partial charge in [-0.25, -0.2) is 4.39 Å². The Hall–Kier alpha value is -0.150. The molecule has 0 bridgehead atoms. The van der Waals surface area contributed by atoms with Gasteiger partial charge >= 0.3 is 0 Å². The third-order valence-electron chi connectivity index (χ3n) is 1.96. The van der Waals surface area contributed by atoms with Crippen LogP contribution in [0.15, 0.2) is 0 Å². The SMILES string of the molecule is OC1CCN(CCF)CC1. The molecule has 1 N–H and O–H groups in total. The van der Waals surface area contributed by atoms with Crippen LogP contribution in [0.1, 0.15) is 12.8 Å². The number of aliphatic hydroxyl groups is 1. The van der Waals surface area contributed by atoms with Crippen molar-refractivity contribution in [1.82, 2.24) is 4.90 Å². The molecule has 10 heavy (non-hydrogen) atoms. The molecule has 0 unspecified atom stereocenters. The summed E-state index contributed by atoms with van der Waals surface area (Å²) in [5, 5.41) is 9.07. The van der Waals surface area contributed by atoms with Crippen LogP contribution in [-0.2, 0) is 0 Å². The Balaban J connectivity index is 2.13. The van der Waals surface area contributed by atoms with Gasteiger partial charge in [-0.2, -0.15) is 0 Å². The van der Waals surface area contributed by atoms with E-state index in [1.165, 1.54) is 0 Å². The standard InChI is InChI=1S/C7H14FNO/c8-3-6-9-4-1-7(10)2-5-9/h7,10H,1-6H2. The van der Waals surface area contributed by atoms with E-state index in [2.05, 4.69) is 0 Å². The molecule has 1 saturated heterocycles. The van der Waals surface area contributed by atoms with Crippen molar-refractivity contribution in [3.05, 3.63) is 0 Å². The molecular formula is C7H14FNO. The first-order valence-electron chi connectivity index (χ1n) is 3.79. The molecule has 1 fully saturated rings. The van der Waals surface area contributed by atoms with Crippen molar-refractivity contribution >= 4 is 0 Å². The van der Waals surface area contributed by atoms with E-state index in [1.54, 1.807) is 0 Å². The smallest absolute Gasteiger partial charge is 0.102 e. The molecular weight excluding hydrogens is 133 g/mol. The lowest BCUT2D eigenvalue weighted by Gasteiger charge is -2.28. The van der Waals surface area contributed by atoms with Gasteiger partial charge in [0.05, 0.1) is 6.10 Å². The van der Waals surface area contributed by atoms with Gasteiger partial charge in [0, 0.05) is 19.6 Å². The summed E-state index contributed by atoms with van der Waals surface area (Å²) < 4.78 is 11.8. The van der Waals surface area contributed by atoms with Crippen molar-refractivity contribution in [2.75, 3.05) is 26.3 Å². The second-order valence-corrected chi connectivity index (χ2v) is 2.76. The van der Waals surface area contributed by atoms with Crippen LogP contribution >= 0.6 is 0 Å². The average molecular weight is 147 g/mol. The first-order chi connectivity index (χ1) is 4.83. The molecule has 3 heteroatoms. The van der Waals surface area contributed by atoms with Gasteiger partial charge < -0.3 is 10.0 Å². The van der Waals surface area contributed by atoms with Gasteiger partial charge in [-0.15, -0.1) is 0 Å². The zero-order chi connectivity index (χ0) is 7.40. The second kappa shape index (κ2) is 3.88. The number of hydrogen-bond donors (Lipinski definition) is 1. The Morgan fingerprint density at radius 1 is 1.40 bits per heavy atom. The van der Waals surface area contributed by atoms with Crippen molar-refractivity contribution in [2.45, 2.75) is 18.9 Å². The van der Waals surface area contributed by atoms with Crippen LogP contribution < -0.4 is 0 Å². The number of piperidine rings is 1. The van der Waals surface area contributed by atoms with Crippen LogP contribution in [0, 0.1) is 0 Å². The van der Waals surface area contributed by atoms with Gasteiger partial charge in [-0.1, -0.05) is 0 Å². The molecule has 0 amide bonds. The lowest BCUT2D eigenvalue weighted by Crippen LogP contribution is -2.36. The van der Waals surface area contributed by atoms with E-state index in [1.807, 2.05) is 4.90 Å². The van der Waals surface area contributed by atoms with Gasteiger partial charge in [-0.3, -0.25) is 0 Å². The molecule has 0 spiro atoms. The maximum atomic E-state index is 11.8. The molecule has 0 aromatic heterocycles. The van der Waals surface area contributed by atoms with E-state index in [0.717, 1.165) is 25.9 Å². The highest BCUT2D eigenvalue weighted by Crippen LogP contribution is 2.08. The van der Waals surface area contributed by atoms with Crippen LogP contribution in [0.5, 0.6) is 0 Å². The molecule has 0 aromatic rings. The van der Waals surface area contributed by atoms with Crippen molar-refractivity contribution < 1.29 is 9.50 Å². The van der Waals surface area contributed by atoms with Crippen LogP contribution in [-0.4, -0.2) is 42.4 Å². The van der Waals surface area contributed by atoms with E-state index < -0.39 is 0 Å². The average Bonchev–Trinajstić information content (AvgIpc) is 1.95. The maximum absolute atomic E-state index is 11.8. The summed E-state index contributed by atoms with van der Waals surface area (Å²) in [6, 6.07) is 0. The molecule has 0 atom stereocenters. The summed E-state index contributed by atoms with van der Waals surface area (Å²) in [5.41, 5.74) is 0. The molecule has 2 nitrogen and oxygen atoms in total. The fourth-order valence-electron chi connectivity index (χ4n) is 1.26. The lowest BCUT2D eigenvalue weighted by molar-refractivity contribution is 0.0796. The van der Waals surface area contributed by atoms with E-state index >= 15 is 0 Å². The number of rotatable bonds is 2. The fourth-order valence-corrected chi connectivity index (χ4v) is 1.26. The van der Waals surface area contributed by atoms with Crippen molar-refractivity contribution in [3.8, 4) is 0 Å². The Labute approximate surface area is 60.6 Å². The predicted molar refractivity (Wildman–Crippen MR) is 37.7 cm³/mol. The quantitative estimate of drug-likeness (QED) is 0.611. The minimum atomic E-state index is -0.268. The van der Waals surface area contributed by atoms with E-state index in [0.29, 0.717) is 6.54 Å². The number of nitrogens with zero attached hydrogens (tertiary/aromatic N) is 1. The van der Waals surface area contributed by atoms with Crippen LogP contribution in [0.4, 0.5) is 4.39 Å². The second-order valence-electron chi connectivity index (χ2n) is 2.76. The topological polar surface area (TPSA) is 23.5 Å². The van der Waals surface area contributed by atoms with Crippen LogP contribution in [0.2, 0.25) is 0 Å². The van der Waals surface area contributed by atoms with Gasteiger partial charge in [0.2, 0.25) is 0 Å². The molecule has 0 aliphatic carbocycles.